The summed E-state index contributed by atoms with van der Waals surface area (Å²) in [5, 5.41) is 9.81. The van der Waals surface area contributed by atoms with Crippen LogP contribution in [0.3, 0.4) is 0 Å². The van der Waals surface area contributed by atoms with Crippen molar-refractivity contribution in [3.05, 3.63) is 16.1 Å². The van der Waals surface area contributed by atoms with E-state index in [1.165, 1.54) is 4.88 Å². The Morgan fingerprint density at radius 1 is 1.53 bits per heavy atom. The Morgan fingerprint density at radius 3 is 2.59 bits per heavy atom. The molecule has 1 rings (SSSR count). The van der Waals surface area contributed by atoms with Gasteiger partial charge in [0, 0.05) is 29.7 Å². The maximum atomic E-state index is 10.7. The fourth-order valence-electron chi connectivity index (χ4n) is 1.55. The maximum absolute atomic E-state index is 10.7. The van der Waals surface area contributed by atoms with Crippen molar-refractivity contribution < 1.29 is 9.90 Å². The van der Waals surface area contributed by atoms with Gasteiger partial charge in [-0.1, -0.05) is 0 Å². The van der Waals surface area contributed by atoms with Crippen LogP contribution in [0.5, 0.6) is 0 Å². The average Bonchev–Trinajstić information content (AvgIpc) is 2.56. The van der Waals surface area contributed by atoms with Gasteiger partial charge in [-0.3, -0.25) is 9.69 Å². The average molecular weight is 256 g/mol. The van der Waals surface area contributed by atoms with E-state index in [-0.39, 0.29) is 12.0 Å². The van der Waals surface area contributed by atoms with Gasteiger partial charge in [-0.05, 0) is 27.7 Å². The molecule has 1 N–H and O–H groups in total. The highest BCUT2D eigenvalue weighted by Crippen LogP contribution is 2.20. The summed E-state index contributed by atoms with van der Waals surface area (Å²) in [4.78, 5) is 18.2. The molecule has 1 aromatic rings. The van der Waals surface area contributed by atoms with Crippen LogP contribution in [0.15, 0.2) is 6.20 Å². The van der Waals surface area contributed by atoms with Crippen LogP contribution in [0.2, 0.25) is 0 Å². The zero-order valence-electron chi connectivity index (χ0n) is 10.9. The zero-order valence-corrected chi connectivity index (χ0v) is 11.7. The summed E-state index contributed by atoms with van der Waals surface area (Å²) >= 11 is 1.67. The molecule has 0 saturated heterocycles. The van der Waals surface area contributed by atoms with Crippen molar-refractivity contribution in [2.45, 2.75) is 46.2 Å². The molecular formula is C12H20N2O2S. The van der Waals surface area contributed by atoms with Gasteiger partial charge in [0.1, 0.15) is 0 Å². The molecule has 0 radical (unpaired) electrons. The molecule has 0 atom stereocenters. The number of aryl methyl sites for hydroxylation is 1. The van der Waals surface area contributed by atoms with Crippen LogP contribution in [0.25, 0.3) is 0 Å². The Bertz CT molecular complexity index is 382. The molecule has 1 heterocycles. The highest BCUT2D eigenvalue weighted by atomic mass is 32.1. The van der Waals surface area contributed by atoms with Crippen LogP contribution in [-0.2, 0) is 11.3 Å². The smallest absolute Gasteiger partial charge is 0.304 e. The van der Waals surface area contributed by atoms with Crippen LogP contribution >= 0.6 is 11.3 Å². The van der Waals surface area contributed by atoms with E-state index in [2.05, 4.69) is 30.7 Å². The lowest BCUT2D eigenvalue weighted by atomic mass is 10.1. The first kappa shape index (κ1) is 14.1. The van der Waals surface area contributed by atoms with E-state index in [0.717, 1.165) is 11.6 Å². The number of nitrogens with zero attached hydrogens (tertiary/aromatic N) is 2. The fraction of sp³-hybridized carbons (Fsp3) is 0.667. The Kier molecular flexibility index (Phi) is 4.65. The first-order chi connectivity index (χ1) is 7.79. The third-order valence-electron chi connectivity index (χ3n) is 2.56. The molecule has 0 fully saturated rings. The van der Waals surface area contributed by atoms with Crippen molar-refractivity contribution in [1.82, 2.24) is 9.88 Å². The molecule has 0 aliphatic rings. The second-order valence-electron chi connectivity index (χ2n) is 5.08. The standard InChI is InChI=1S/C12H20N2O2S/c1-9-13-7-10(17-9)8-14(12(2,3)4)6-5-11(15)16/h7H,5-6,8H2,1-4H3,(H,15,16). The van der Waals surface area contributed by atoms with Gasteiger partial charge in [-0.15, -0.1) is 11.3 Å². The minimum Gasteiger partial charge on any atom is -0.481 e. The van der Waals surface area contributed by atoms with E-state index in [4.69, 9.17) is 5.11 Å². The predicted octanol–water partition coefficient (Wildman–Crippen LogP) is 2.53. The van der Waals surface area contributed by atoms with E-state index >= 15 is 0 Å². The molecule has 0 unspecified atom stereocenters. The van der Waals surface area contributed by atoms with E-state index in [1.807, 2.05) is 13.1 Å². The number of aliphatic carboxylic acids is 1. The number of carboxylic acid groups (broad SMARTS) is 1. The molecule has 96 valence electrons. The van der Waals surface area contributed by atoms with E-state index < -0.39 is 5.97 Å². The number of carboxylic acids is 1. The highest BCUT2D eigenvalue weighted by Gasteiger charge is 2.22. The van der Waals surface area contributed by atoms with E-state index in [1.54, 1.807) is 11.3 Å². The third kappa shape index (κ3) is 4.83. The minimum absolute atomic E-state index is 0.0344. The second kappa shape index (κ2) is 5.60. The lowest BCUT2D eigenvalue weighted by Crippen LogP contribution is -2.41. The SMILES string of the molecule is Cc1ncc(CN(CCC(=O)O)C(C)(C)C)s1. The van der Waals surface area contributed by atoms with Crippen molar-refractivity contribution in [3.8, 4) is 0 Å². The lowest BCUT2D eigenvalue weighted by Gasteiger charge is -2.34. The summed E-state index contributed by atoms with van der Waals surface area (Å²) in [7, 11) is 0. The third-order valence-corrected chi connectivity index (χ3v) is 3.46. The summed E-state index contributed by atoms with van der Waals surface area (Å²) in [6.45, 7) is 9.61. The van der Waals surface area contributed by atoms with Gasteiger partial charge < -0.3 is 5.11 Å². The van der Waals surface area contributed by atoms with Crippen molar-refractivity contribution >= 4 is 17.3 Å². The number of aromatic nitrogens is 1. The highest BCUT2D eigenvalue weighted by molar-refractivity contribution is 7.11. The molecule has 4 nitrogen and oxygen atoms in total. The fourth-order valence-corrected chi connectivity index (χ4v) is 2.36. The molecule has 17 heavy (non-hydrogen) atoms. The van der Waals surface area contributed by atoms with Crippen LogP contribution < -0.4 is 0 Å². The Hall–Kier alpha value is -0.940. The van der Waals surface area contributed by atoms with Crippen LogP contribution in [0.1, 0.15) is 37.1 Å². The van der Waals surface area contributed by atoms with Crippen molar-refractivity contribution in [2.75, 3.05) is 6.54 Å². The Balaban J connectivity index is 2.67. The van der Waals surface area contributed by atoms with Crippen LogP contribution in [0.4, 0.5) is 0 Å². The molecule has 0 bridgehead atoms. The number of rotatable bonds is 5. The zero-order chi connectivity index (χ0) is 13.1. The second-order valence-corrected chi connectivity index (χ2v) is 6.40. The summed E-state index contributed by atoms with van der Waals surface area (Å²) in [5.74, 6) is -0.750. The molecule has 0 saturated carbocycles. The molecule has 5 heteroatoms. The summed E-state index contributed by atoms with van der Waals surface area (Å²) in [6.07, 6.45) is 2.05. The number of thiazole rings is 1. The minimum atomic E-state index is -0.750. The summed E-state index contributed by atoms with van der Waals surface area (Å²) in [5.41, 5.74) is -0.0344. The molecule has 0 amide bonds. The molecule has 0 aromatic carbocycles. The van der Waals surface area contributed by atoms with Crippen molar-refractivity contribution in [1.29, 1.82) is 0 Å². The van der Waals surface area contributed by atoms with Gasteiger partial charge in [-0.25, -0.2) is 4.98 Å². The number of carbonyl (C=O) groups is 1. The molecule has 1 aromatic heterocycles. The topological polar surface area (TPSA) is 53.4 Å². The normalized spacial score (nSPS) is 12.1. The Morgan fingerprint density at radius 2 is 2.18 bits per heavy atom. The van der Waals surface area contributed by atoms with E-state index in [9.17, 15) is 4.79 Å². The predicted molar refractivity (Wildman–Crippen MR) is 69.3 cm³/mol. The summed E-state index contributed by atoms with van der Waals surface area (Å²) < 4.78 is 0. The molecule has 0 aliphatic heterocycles. The lowest BCUT2D eigenvalue weighted by molar-refractivity contribution is -0.137. The number of hydrogen-bond acceptors (Lipinski definition) is 4. The largest absolute Gasteiger partial charge is 0.481 e. The van der Waals surface area contributed by atoms with Gasteiger partial charge >= 0.3 is 5.97 Å². The van der Waals surface area contributed by atoms with Gasteiger partial charge in [-0.2, -0.15) is 0 Å². The van der Waals surface area contributed by atoms with Crippen molar-refractivity contribution in [2.24, 2.45) is 0 Å². The molecule has 0 aliphatic carbocycles. The molecule has 0 spiro atoms. The van der Waals surface area contributed by atoms with Gasteiger partial charge in [0.2, 0.25) is 0 Å². The maximum Gasteiger partial charge on any atom is 0.304 e. The quantitative estimate of drug-likeness (QED) is 0.879. The van der Waals surface area contributed by atoms with E-state index in [0.29, 0.717) is 6.54 Å². The van der Waals surface area contributed by atoms with Crippen molar-refractivity contribution in [3.63, 3.8) is 0 Å². The number of hydrogen-bond donors (Lipinski definition) is 1. The van der Waals surface area contributed by atoms with Gasteiger partial charge in [0.05, 0.1) is 11.4 Å². The summed E-state index contributed by atoms with van der Waals surface area (Å²) in [6, 6.07) is 0. The van der Waals surface area contributed by atoms with Crippen LogP contribution in [0, 0.1) is 6.92 Å². The first-order valence-corrected chi connectivity index (χ1v) is 6.49. The monoisotopic (exact) mass is 256 g/mol. The Labute approximate surface area is 106 Å². The van der Waals surface area contributed by atoms with Crippen LogP contribution in [-0.4, -0.2) is 33.0 Å². The van der Waals surface area contributed by atoms with Gasteiger partial charge in [0.15, 0.2) is 0 Å². The molecular weight excluding hydrogens is 236 g/mol. The first-order valence-electron chi connectivity index (χ1n) is 5.67. The van der Waals surface area contributed by atoms with Gasteiger partial charge in [0.25, 0.3) is 0 Å².